The number of nitrogens with two attached hydrogens (primary N) is 1. The van der Waals surface area contributed by atoms with Gasteiger partial charge in [0.05, 0.1) is 6.20 Å². The third-order valence-corrected chi connectivity index (χ3v) is 3.55. The Balaban J connectivity index is 2.10. The molecule has 0 spiro atoms. The molecular formula is C15H21ClN4. The predicted molar refractivity (Wildman–Crippen MR) is 84.1 cm³/mol. The van der Waals surface area contributed by atoms with Crippen LogP contribution in [0.1, 0.15) is 18.1 Å². The summed E-state index contributed by atoms with van der Waals surface area (Å²) in [6, 6.07) is 6.25. The van der Waals surface area contributed by atoms with Crippen molar-refractivity contribution in [3.05, 3.63) is 46.7 Å². The molecule has 1 aromatic carbocycles. The SMILES string of the molecule is CC(N)Cc1ccc(N(C)Cc2cnn(C)c2)cc1Cl. The van der Waals surface area contributed by atoms with E-state index in [-0.39, 0.29) is 6.04 Å². The van der Waals surface area contributed by atoms with Crippen molar-refractivity contribution in [3.63, 3.8) is 0 Å². The van der Waals surface area contributed by atoms with Gasteiger partial charge in [-0.25, -0.2) is 0 Å². The van der Waals surface area contributed by atoms with Crippen molar-refractivity contribution in [2.45, 2.75) is 25.9 Å². The van der Waals surface area contributed by atoms with Crippen LogP contribution >= 0.6 is 11.6 Å². The Bertz CT molecular complexity index is 577. The first-order valence-corrected chi connectivity index (χ1v) is 7.06. The molecule has 0 radical (unpaired) electrons. The first-order valence-electron chi connectivity index (χ1n) is 6.68. The molecule has 0 saturated heterocycles. The zero-order valence-electron chi connectivity index (χ0n) is 12.2. The summed E-state index contributed by atoms with van der Waals surface area (Å²) in [4.78, 5) is 2.15. The molecule has 1 atom stereocenters. The van der Waals surface area contributed by atoms with Gasteiger partial charge in [0.1, 0.15) is 0 Å². The van der Waals surface area contributed by atoms with Crippen molar-refractivity contribution < 1.29 is 0 Å². The van der Waals surface area contributed by atoms with Gasteiger partial charge in [0.25, 0.3) is 0 Å². The molecule has 20 heavy (non-hydrogen) atoms. The maximum Gasteiger partial charge on any atom is 0.0539 e. The fourth-order valence-corrected chi connectivity index (χ4v) is 2.46. The average Bonchev–Trinajstić information content (AvgIpc) is 2.76. The highest BCUT2D eigenvalue weighted by Crippen LogP contribution is 2.24. The maximum absolute atomic E-state index is 6.33. The summed E-state index contributed by atoms with van der Waals surface area (Å²) in [5, 5.41) is 4.95. The van der Waals surface area contributed by atoms with Gasteiger partial charge in [-0.05, 0) is 31.0 Å². The van der Waals surface area contributed by atoms with Crippen LogP contribution in [0.4, 0.5) is 5.69 Å². The van der Waals surface area contributed by atoms with Crippen LogP contribution in [-0.2, 0) is 20.0 Å². The average molecular weight is 293 g/mol. The van der Waals surface area contributed by atoms with E-state index in [9.17, 15) is 0 Å². The van der Waals surface area contributed by atoms with E-state index in [1.165, 1.54) is 5.56 Å². The zero-order chi connectivity index (χ0) is 14.7. The Hall–Kier alpha value is -1.52. The lowest BCUT2D eigenvalue weighted by atomic mass is 10.1. The van der Waals surface area contributed by atoms with Crippen LogP contribution in [0.5, 0.6) is 0 Å². The third kappa shape index (κ3) is 3.74. The second-order valence-corrected chi connectivity index (χ2v) is 5.74. The van der Waals surface area contributed by atoms with Crippen molar-refractivity contribution >= 4 is 17.3 Å². The minimum Gasteiger partial charge on any atom is -0.370 e. The van der Waals surface area contributed by atoms with Gasteiger partial charge in [0, 0.05) is 49.2 Å². The van der Waals surface area contributed by atoms with Gasteiger partial charge in [-0.15, -0.1) is 0 Å². The van der Waals surface area contributed by atoms with Crippen LogP contribution in [0.25, 0.3) is 0 Å². The highest BCUT2D eigenvalue weighted by atomic mass is 35.5. The number of hydrogen-bond donors (Lipinski definition) is 1. The van der Waals surface area contributed by atoms with Crippen LogP contribution in [0.3, 0.4) is 0 Å². The van der Waals surface area contributed by atoms with Crippen molar-refractivity contribution in [1.29, 1.82) is 0 Å². The van der Waals surface area contributed by atoms with Gasteiger partial charge in [-0.2, -0.15) is 5.10 Å². The van der Waals surface area contributed by atoms with Gasteiger partial charge < -0.3 is 10.6 Å². The van der Waals surface area contributed by atoms with Gasteiger partial charge in [0.2, 0.25) is 0 Å². The first-order chi connectivity index (χ1) is 9.45. The number of aromatic nitrogens is 2. The van der Waals surface area contributed by atoms with Gasteiger partial charge >= 0.3 is 0 Å². The quantitative estimate of drug-likeness (QED) is 0.921. The van der Waals surface area contributed by atoms with E-state index in [1.807, 2.05) is 44.2 Å². The van der Waals surface area contributed by atoms with Gasteiger partial charge in [0.15, 0.2) is 0 Å². The number of halogens is 1. The lowest BCUT2D eigenvalue weighted by molar-refractivity contribution is 0.738. The van der Waals surface area contributed by atoms with Crippen LogP contribution in [-0.4, -0.2) is 22.9 Å². The molecule has 2 N–H and O–H groups in total. The molecule has 0 bridgehead atoms. The Morgan fingerprint density at radius 1 is 1.45 bits per heavy atom. The first kappa shape index (κ1) is 14.9. The molecule has 0 fully saturated rings. The van der Waals surface area contributed by atoms with Crippen LogP contribution in [0.15, 0.2) is 30.6 Å². The van der Waals surface area contributed by atoms with Gasteiger partial charge in [-0.3, -0.25) is 4.68 Å². The monoisotopic (exact) mass is 292 g/mol. The third-order valence-electron chi connectivity index (χ3n) is 3.20. The topological polar surface area (TPSA) is 47.1 Å². The molecule has 2 rings (SSSR count). The minimum absolute atomic E-state index is 0.117. The van der Waals surface area contributed by atoms with E-state index in [4.69, 9.17) is 17.3 Å². The number of aryl methyl sites for hydroxylation is 1. The number of nitrogens with zero attached hydrogens (tertiary/aromatic N) is 3. The fraction of sp³-hybridized carbons (Fsp3) is 0.400. The van der Waals surface area contributed by atoms with Crippen LogP contribution < -0.4 is 10.6 Å². The van der Waals surface area contributed by atoms with Gasteiger partial charge in [-0.1, -0.05) is 17.7 Å². The zero-order valence-corrected chi connectivity index (χ0v) is 12.9. The summed E-state index contributed by atoms with van der Waals surface area (Å²) in [5.41, 5.74) is 9.18. The molecule has 1 heterocycles. The Morgan fingerprint density at radius 3 is 2.75 bits per heavy atom. The predicted octanol–water partition coefficient (Wildman–Crippen LogP) is 2.60. The van der Waals surface area contributed by atoms with Crippen molar-refractivity contribution in [3.8, 4) is 0 Å². The molecule has 0 saturated carbocycles. The number of hydrogen-bond acceptors (Lipinski definition) is 3. The number of rotatable bonds is 5. The summed E-state index contributed by atoms with van der Waals surface area (Å²) in [7, 11) is 3.97. The molecule has 1 unspecified atom stereocenters. The van der Waals surface area contributed by atoms with Crippen LogP contribution in [0.2, 0.25) is 5.02 Å². The Labute approximate surface area is 125 Å². The number of benzene rings is 1. The van der Waals surface area contributed by atoms with E-state index >= 15 is 0 Å². The molecule has 108 valence electrons. The van der Waals surface area contributed by atoms with E-state index in [1.54, 1.807) is 0 Å². The van der Waals surface area contributed by atoms with E-state index in [0.29, 0.717) is 0 Å². The smallest absolute Gasteiger partial charge is 0.0539 e. The molecule has 0 aliphatic rings. The summed E-state index contributed by atoms with van der Waals surface area (Å²) in [6.07, 6.45) is 4.69. The lowest BCUT2D eigenvalue weighted by Crippen LogP contribution is -2.19. The number of anilines is 1. The highest BCUT2D eigenvalue weighted by molar-refractivity contribution is 6.31. The second-order valence-electron chi connectivity index (χ2n) is 5.34. The normalized spacial score (nSPS) is 12.4. The highest BCUT2D eigenvalue weighted by Gasteiger charge is 2.08. The molecule has 0 aliphatic carbocycles. The largest absolute Gasteiger partial charge is 0.370 e. The summed E-state index contributed by atoms with van der Waals surface area (Å²) in [5.74, 6) is 0. The molecule has 4 nitrogen and oxygen atoms in total. The van der Waals surface area contributed by atoms with Crippen molar-refractivity contribution in [1.82, 2.24) is 9.78 Å². The standard InChI is InChI=1S/C15H21ClN4/c1-11(17)6-13-4-5-14(7-15(13)16)19(2)9-12-8-18-20(3)10-12/h4-5,7-8,10-11H,6,9,17H2,1-3H3. The molecule has 0 aliphatic heterocycles. The summed E-state index contributed by atoms with van der Waals surface area (Å²) < 4.78 is 1.81. The van der Waals surface area contributed by atoms with E-state index in [2.05, 4.69) is 22.1 Å². The van der Waals surface area contributed by atoms with Crippen molar-refractivity contribution in [2.75, 3.05) is 11.9 Å². The Morgan fingerprint density at radius 2 is 2.20 bits per heavy atom. The molecule has 1 aromatic heterocycles. The molecule has 5 heteroatoms. The fourth-order valence-electron chi connectivity index (χ4n) is 2.20. The molecular weight excluding hydrogens is 272 g/mol. The maximum atomic E-state index is 6.33. The van der Waals surface area contributed by atoms with E-state index in [0.717, 1.165) is 29.2 Å². The Kier molecular flexibility index (Phi) is 4.68. The lowest BCUT2D eigenvalue weighted by Gasteiger charge is -2.20. The molecule has 0 amide bonds. The van der Waals surface area contributed by atoms with Crippen molar-refractivity contribution in [2.24, 2.45) is 12.8 Å². The summed E-state index contributed by atoms with van der Waals surface area (Å²) in [6.45, 7) is 2.79. The van der Waals surface area contributed by atoms with E-state index < -0.39 is 0 Å². The van der Waals surface area contributed by atoms with Crippen LogP contribution in [0, 0.1) is 0 Å². The molecule has 2 aromatic rings. The minimum atomic E-state index is 0.117. The summed E-state index contributed by atoms with van der Waals surface area (Å²) >= 11 is 6.33. The second kappa shape index (κ2) is 6.29.